The maximum atomic E-state index is 12.7. The van der Waals surface area contributed by atoms with Gasteiger partial charge in [0.15, 0.2) is 0 Å². The Hall–Kier alpha value is -2.30. The minimum absolute atomic E-state index is 0.216. The molecular weight excluding hydrogens is 290 g/mol. The smallest absolute Gasteiger partial charge is 0.227 e. The van der Waals surface area contributed by atoms with Crippen molar-refractivity contribution in [2.45, 2.75) is 31.7 Å². The second-order valence-electron chi connectivity index (χ2n) is 6.36. The van der Waals surface area contributed by atoms with Crippen LogP contribution in [0.5, 0.6) is 5.75 Å². The minimum Gasteiger partial charge on any atom is -0.493 e. The second-order valence-corrected chi connectivity index (χ2v) is 6.36. The maximum Gasteiger partial charge on any atom is 0.227 e. The van der Waals surface area contributed by atoms with Crippen molar-refractivity contribution in [1.29, 1.82) is 0 Å². The Kier molecular flexibility index (Phi) is 3.77. The molecule has 5 heteroatoms. The van der Waals surface area contributed by atoms with Gasteiger partial charge in [0.05, 0.1) is 25.4 Å². The van der Waals surface area contributed by atoms with Crippen molar-refractivity contribution >= 4 is 5.91 Å². The van der Waals surface area contributed by atoms with Gasteiger partial charge in [0, 0.05) is 31.9 Å². The fourth-order valence-electron chi connectivity index (χ4n) is 3.55. The number of benzene rings is 1. The Labute approximate surface area is 135 Å². The summed E-state index contributed by atoms with van der Waals surface area (Å²) in [5.74, 6) is 1.19. The number of likely N-dealkylation sites (tertiary alicyclic amines) is 1. The Balaban J connectivity index is 1.42. The lowest BCUT2D eigenvalue weighted by Gasteiger charge is -2.33. The fraction of sp³-hybridized carbons (Fsp3) is 0.444. The van der Waals surface area contributed by atoms with Crippen LogP contribution in [0.2, 0.25) is 0 Å². The summed E-state index contributed by atoms with van der Waals surface area (Å²) in [6.45, 7) is 2.40. The first-order chi connectivity index (χ1) is 11.3. The summed E-state index contributed by atoms with van der Waals surface area (Å²) in [4.78, 5) is 18.8. The van der Waals surface area contributed by atoms with Crippen LogP contribution < -0.4 is 4.74 Å². The molecule has 2 aliphatic heterocycles. The van der Waals surface area contributed by atoms with Crippen LogP contribution in [-0.2, 0) is 17.6 Å². The van der Waals surface area contributed by atoms with Gasteiger partial charge in [0.25, 0.3) is 0 Å². The lowest BCUT2D eigenvalue weighted by Crippen LogP contribution is -2.41. The van der Waals surface area contributed by atoms with E-state index in [2.05, 4.69) is 15.6 Å². The average molecular weight is 311 g/mol. The topological polar surface area (TPSA) is 47.4 Å². The number of fused-ring (bicyclic) bond motifs is 1. The average Bonchev–Trinajstić information content (AvgIpc) is 3.26. The standard InChI is InChI=1S/C18H21N3O2/c22-18(11-14-3-4-17-15(10-14)5-9-23-17)20-7-1-2-16(12-20)21-8-6-19-13-21/h3-4,6,8,10,13,16H,1-2,5,7,9,11-12H2/t16-/m0/s1. The van der Waals surface area contributed by atoms with E-state index >= 15 is 0 Å². The third-order valence-corrected chi connectivity index (χ3v) is 4.80. The molecule has 1 aromatic carbocycles. The molecule has 1 fully saturated rings. The normalized spacial score (nSPS) is 20.2. The number of ether oxygens (including phenoxy) is 1. The van der Waals surface area contributed by atoms with Gasteiger partial charge in [0.1, 0.15) is 5.75 Å². The van der Waals surface area contributed by atoms with Gasteiger partial charge in [-0.25, -0.2) is 4.98 Å². The van der Waals surface area contributed by atoms with Gasteiger partial charge < -0.3 is 14.2 Å². The van der Waals surface area contributed by atoms with Crippen LogP contribution in [0.3, 0.4) is 0 Å². The van der Waals surface area contributed by atoms with Gasteiger partial charge in [-0.05, 0) is 30.0 Å². The number of amides is 1. The first kappa shape index (κ1) is 14.3. The van der Waals surface area contributed by atoms with E-state index in [0.717, 1.165) is 50.3 Å². The Morgan fingerprint density at radius 3 is 3.22 bits per heavy atom. The zero-order valence-corrected chi connectivity index (χ0v) is 13.1. The summed E-state index contributed by atoms with van der Waals surface area (Å²) in [5.41, 5.74) is 2.31. The lowest BCUT2D eigenvalue weighted by atomic mass is 10.0. The van der Waals surface area contributed by atoms with Crippen molar-refractivity contribution in [3.05, 3.63) is 48.0 Å². The molecule has 5 nitrogen and oxygen atoms in total. The number of imidazole rings is 1. The first-order valence-corrected chi connectivity index (χ1v) is 8.29. The predicted octanol–water partition coefficient (Wildman–Crippen LogP) is 2.22. The molecule has 0 bridgehead atoms. The Morgan fingerprint density at radius 1 is 1.39 bits per heavy atom. The molecule has 120 valence electrons. The molecule has 1 saturated heterocycles. The maximum absolute atomic E-state index is 12.7. The molecule has 0 spiro atoms. The summed E-state index contributed by atoms with van der Waals surface area (Å²) >= 11 is 0. The number of aromatic nitrogens is 2. The van der Waals surface area contributed by atoms with E-state index in [0.29, 0.717) is 12.5 Å². The number of carbonyl (C=O) groups is 1. The van der Waals surface area contributed by atoms with Crippen LogP contribution in [0.4, 0.5) is 0 Å². The molecule has 1 aromatic heterocycles. The monoisotopic (exact) mass is 311 g/mol. The molecule has 0 unspecified atom stereocenters. The summed E-state index contributed by atoms with van der Waals surface area (Å²) in [5, 5.41) is 0. The highest BCUT2D eigenvalue weighted by atomic mass is 16.5. The van der Waals surface area contributed by atoms with E-state index in [-0.39, 0.29) is 5.91 Å². The number of carbonyl (C=O) groups excluding carboxylic acids is 1. The molecule has 2 aliphatic rings. The van der Waals surface area contributed by atoms with Crippen molar-refractivity contribution < 1.29 is 9.53 Å². The van der Waals surface area contributed by atoms with Crippen LogP contribution in [0, 0.1) is 0 Å². The number of hydrogen-bond acceptors (Lipinski definition) is 3. The van der Waals surface area contributed by atoms with Gasteiger partial charge >= 0.3 is 0 Å². The zero-order chi connectivity index (χ0) is 15.6. The van der Waals surface area contributed by atoms with Crippen molar-refractivity contribution in [3.8, 4) is 5.75 Å². The van der Waals surface area contributed by atoms with Crippen molar-refractivity contribution in [1.82, 2.24) is 14.5 Å². The van der Waals surface area contributed by atoms with Crippen LogP contribution in [0.1, 0.15) is 30.0 Å². The lowest BCUT2D eigenvalue weighted by molar-refractivity contribution is -0.132. The predicted molar refractivity (Wildman–Crippen MR) is 86.4 cm³/mol. The summed E-state index contributed by atoms with van der Waals surface area (Å²) < 4.78 is 7.64. The minimum atomic E-state index is 0.216. The molecule has 4 rings (SSSR count). The van der Waals surface area contributed by atoms with Gasteiger partial charge in [-0.3, -0.25) is 4.79 Å². The van der Waals surface area contributed by atoms with Crippen molar-refractivity contribution in [2.75, 3.05) is 19.7 Å². The zero-order valence-electron chi connectivity index (χ0n) is 13.1. The van der Waals surface area contributed by atoms with Crippen LogP contribution in [-0.4, -0.2) is 40.1 Å². The summed E-state index contributed by atoms with van der Waals surface area (Å²) in [6, 6.07) is 6.48. The largest absolute Gasteiger partial charge is 0.493 e. The molecule has 0 N–H and O–H groups in total. The van der Waals surface area contributed by atoms with Crippen LogP contribution in [0.15, 0.2) is 36.9 Å². The van der Waals surface area contributed by atoms with E-state index in [1.54, 1.807) is 6.20 Å². The first-order valence-electron chi connectivity index (χ1n) is 8.29. The highest BCUT2D eigenvalue weighted by Crippen LogP contribution is 2.27. The van der Waals surface area contributed by atoms with E-state index < -0.39 is 0 Å². The quantitative estimate of drug-likeness (QED) is 0.873. The SMILES string of the molecule is O=C(Cc1ccc2c(c1)CCO2)N1CCC[C@H](n2ccnc2)C1. The van der Waals surface area contributed by atoms with E-state index in [1.807, 2.05) is 29.6 Å². The second kappa shape index (κ2) is 6.07. The molecule has 0 radical (unpaired) electrons. The summed E-state index contributed by atoms with van der Waals surface area (Å²) in [7, 11) is 0. The van der Waals surface area contributed by atoms with Gasteiger partial charge in [-0.15, -0.1) is 0 Å². The van der Waals surface area contributed by atoms with Gasteiger partial charge in [-0.1, -0.05) is 12.1 Å². The third-order valence-electron chi connectivity index (χ3n) is 4.80. The molecular formula is C18H21N3O2. The molecule has 0 aliphatic carbocycles. The molecule has 23 heavy (non-hydrogen) atoms. The van der Waals surface area contributed by atoms with E-state index in [4.69, 9.17) is 4.74 Å². The van der Waals surface area contributed by atoms with E-state index in [1.165, 1.54) is 5.56 Å². The van der Waals surface area contributed by atoms with Gasteiger partial charge in [-0.2, -0.15) is 0 Å². The highest BCUT2D eigenvalue weighted by molar-refractivity contribution is 5.79. The number of rotatable bonds is 3. The number of piperidine rings is 1. The fourth-order valence-corrected chi connectivity index (χ4v) is 3.55. The molecule has 1 amide bonds. The van der Waals surface area contributed by atoms with Crippen molar-refractivity contribution in [3.63, 3.8) is 0 Å². The number of nitrogens with zero attached hydrogens (tertiary/aromatic N) is 3. The molecule has 3 heterocycles. The Morgan fingerprint density at radius 2 is 2.35 bits per heavy atom. The Bertz CT molecular complexity index is 696. The highest BCUT2D eigenvalue weighted by Gasteiger charge is 2.24. The summed E-state index contributed by atoms with van der Waals surface area (Å²) in [6.07, 6.45) is 9.21. The van der Waals surface area contributed by atoms with Crippen molar-refractivity contribution in [2.24, 2.45) is 0 Å². The van der Waals surface area contributed by atoms with E-state index in [9.17, 15) is 4.79 Å². The number of hydrogen-bond donors (Lipinski definition) is 0. The molecule has 0 saturated carbocycles. The molecule has 1 atom stereocenters. The van der Waals surface area contributed by atoms with Gasteiger partial charge in [0.2, 0.25) is 5.91 Å². The third kappa shape index (κ3) is 2.96. The van der Waals surface area contributed by atoms with Crippen LogP contribution >= 0.6 is 0 Å². The van der Waals surface area contributed by atoms with Crippen LogP contribution in [0.25, 0.3) is 0 Å². The molecule has 2 aromatic rings.